The molecule has 0 fully saturated rings. The molecule has 32 heavy (non-hydrogen) atoms. The van der Waals surface area contributed by atoms with Crippen LogP contribution in [0.2, 0.25) is 0 Å². The molecule has 0 bridgehead atoms. The predicted molar refractivity (Wildman–Crippen MR) is 131 cm³/mol. The molecule has 1 amide bonds. The van der Waals surface area contributed by atoms with Crippen LogP contribution in [0.25, 0.3) is 10.2 Å². The number of aromatic nitrogens is 1. The van der Waals surface area contributed by atoms with Crippen molar-refractivity contribution in [3.8, 4) is 5.75 Å². The lowest BCUT2D eigenvalue weighted by Crippen LogP contribution is -2.33. The first kappa shape index (κ1) is 26.3. The molecule has 0 saturated carbocycles. The number of thiazole rings is 1. The van der Waals surface area contributed by atoms with Crippen LogP contribution < -0.4 is 9.64 Å². The summed E-state index contributed by atoms with van der Waals surface area (Å²) in [5.41, 5.74) is 0.0967. The monoisotopic (exact) mass is 501 g/mol. The molecule has 2 aromatic carbocycles. The van der Waals surface area contributed by atoms with Gasteiger partial charge in [0.15, 0.2) is 10.9 Å². The van der Waals surface area contributed by atoms with E-state index in [0.29, 0.717) is 28.5 Å². The highest BCUT2D eigenvalue weighted by Crippen LogP contribution is 2.32. The summed E-state index contributed by atoms with van der Waals surface area (Å²) in [6.07, 6.45) is 1.06. The molecule has 1 heterocycles. The molecule has 3 rings (SSSR count). The number of benzene rings is 2. The van der Waals surface area contributed by atoms with E-state index >= 15 is 0 Å². The third kappa shape index (κ3) is 7.03. The van der Waals surface area contributed by atoms with E-state index in [1.165, 1.54) is 6.07 Å². The topological polar surface area (TPSA) is 45.7 Å². The van der Waals surface area contributed by atoms with Crippen molar-refractivity contribution < 1.29 is 18.3 Å². The molecule has 0 saturated heterocycles. The number of anilines is 1. The van der Waals surface area contributed by atoms with Gasteiger partial charge in [-0.2, -0.15) is 0 Å². The fourth-order valence-electron chi connectivity index (χ4n) is 3.00. The Morgan fingerprint density at radius 3 is 2.53 bits per heavy atom. The van der Waals surface area contributed by atoms with Crippen LogP contribution in [0.1, 0.15) is 12.8 Å². The summed E-state index contributed by atoms with van der Waals surface area (Å²) in [7, 11) is 5.55. The summed E-state index contributed by atoms with van der Waals surface area (Å²) in [5.74, 6) is -0.0648. The minimum absolute atomic E-state index is 0. The number of rotatable bonds is 10. The van der Waals surface area contributed by atoms with Gasteiger partial charge in [0, 0.05) is 29.7 Å². The quantitative estimate of drug-likeness (QED) is 0.345. The molecule has 1 aromatic heterocycles. The van der Waals surface area contributed by atoms with Crippen LogP contribution in [-0.2, 0) is 4.79 Å². The van der Waals surface area contributed by atoms with Gasteiger partial charge in [-0.1, -0.05) is 11.3 Å². The highest BCUT2D eigenvalue weighted by atomic mass is 35.5. The van der Waals surface area contributed by atoms with Crippen LogP contribution in [-0.4, -0.2) is 55.8 Å². The fraction of sp³-hybridized carbons (Fsp3) is 0.364. The smallest absolute Gasteiger partial charge is 0.229 e. The molecular formula is C22H26ClF2N3O2S2. The maximum atomic E-state index is 14.1. The average Bonchev–Trinajstić information content (AvgIpc) is 3.15. The molecule has 0 aliphatic rings. The number of fused-ring (bicyclic) bond motifs is 1. The van der Waals surface area contributed by atoms with Gasteiger partial charge in [0.2, 0.25) is 5.91 Å². The molecule has 0 aliphatic heterocycles. The Morgan fingerprint density at radius 2 is 1.88 bits per heavy atom. The Balaban J connectivity index is 0.00000363. The normalized spacial score (nSPS) is 10.9. The second-order valence-corrected chi connectivity index (χ2v) is 9.38. The van der Waals surface area contributed by atoms with Crippen LogP contribution in [0.3, 0.4) is 0 Å². The molecule has 5 nitrogen and oxygen atoms in total. The summed E-state index contributed by atoms with van der Waals surface area (Å²) < 4.78 is 33.2. The first-order chi connectivity index (χ1) is 14.9. The van der Waals surface area contributed by atoms with E-state index in [2.05, 4.69) is 4.98 Å². The van der Waals surface area contributed by atoms with E-state index in [0.717, 1.165) is 41.0 Å². The van der Waals surface area contributed by atoms with Crippen molar-refractivity contribution in [2.45, 2.75) is 17.7 Å². The lowest BCUT2D eigenvalue weighted by Gasteiger charge is -2.21. The van der Waals surface area contributed by atoms with Crippen LogP contribution in [0.4, 0.5) is 13.9 Å². The van der Waals surface area contributed by atoms with Gasteiger partial charge in [-0.15, -0.1) is 24.2 Å². The first-order valence-electron chi connectivity index (χ1n) is 9.85. The van der Waals surface area contributed by atoms with Crippen LogP contribution in [0.5, 0.6) is 5.75 Å². The highest BCUT2D eigenvalue weighted by Gasteiger charge is 2.21. The Morgan fingerprint density at radius 1 is 1.16 bits per heavy atom. The van der Waals surface area contributed by atoms with Crippen LogP contribution >= 0.6 is 35.5 Å². The Labute approximate surface area is 201 Å². The second kappa shape index (κ2) is 12.3. The second-order valence-electron chi connectivity index (χ2n) is 7.21. The lowest BCUT2D eigenvalue weighted by molar-refractivity contribution is -0.118. The maximum absolute atomic E-state index is 14.1. The molecule has 174 valence electrons. The van der Waals surface area contributed by atoms with Gasteiger partial charge < -0.3 is 9.64 Å². The molecule has 0 spiro atoms. The number of methoxy groups -OCH3 is 1. The maximum Gasteiger partial charge on any atom is 0.229 e. The standard InChI is InChI=1S/C22H25F2N3O2S2.ClH/c1-26(2)10-4-11-27(22-25-21-18(24)13-15(23)14-19(21)31-22)20(28)9-12-30-17-7-5-16(29-3)6-8-17;/h5-8,13-14H,4,9-12H2,1-3H3;1H. The predicted octanol–water partition coefficient (Wildman–Crippen LogP) is 5.47. The van der Waals surface area contributed by atoms with Crippen molar-refractivity contribution >= 4 is 56.8 Å². The Hall–Kier alpha value is -1.94. The number of thioether (sulfide) groups is 1. The minimum Gasteiger partial charge on any atom is -0.497 e. The molecule has 0 N–H and O–H groups in total. The number of ether oxygens (including phenoxy) is 1. The number of halogens is 3. The Bertz CT molecular complexity index is 1030. The number of amides is 1. The van der Waals surface area contributed by atoms with Gasteiger partial charge in [0.1, 0.15) is 17.1 Å². The highest BCUT2D eigenvalue weighted by molar-refractivity contribution is 7.99. The summed E-state index contributed by atoms with van der Waals surface area (Å²) in [4.78, 5) is 22.0. The van der Waals surface area contributed by atoms with E-state index in [1.807, 2.05) is 43.3 Å². The molecule has 0 aliphatic carbocycles. The van der Waals surface area contributed by atoms with E-state index in [9.17, 15) is 13.6 Å². The largest absolute Gasteiger partial charge is 0.497 e. The number of nitrogens with zero attached hydrogens (tertiary/aromatic N) is 3. The molecular weight excluding hydrogens is 476 g/mol. The summed E-state index contributed by atoms with van der Waals surface area (Å²) in [6, 6.07) is 9.73. The van der Waals surface area contributed by atoms with Crippen molar-refractivity contribution in [3.63, 3.8) is 0 Å². The van der Waals surface area contributed by atoms with Crippen LogP contribution in [0, 0.1) is 11.6 Å². The number of carbonyl (C=O) groups excluding carboxylic acids is 1. The fourth-order valence-corrected chi connectivity index (χ4v) is 4.89. The zero-order valence-electron chi connectivity index (χ0n) is 18.1. The van der Waals surface area contributed by atoms with Crippen molar-refractivity contribution in [2.24, 2.45) is 0 Å². The van der Waals surface area contributed by atoms with Gasteiger partial charge in [-0.25, -0.2) is 13.8 Å². The molecule has 3 aromatic rings. The number of hydrogen-bond donors (Lipinski definition) is 0. The van der Waals surface area contributed by atoms with E-state index in [-0.39, 0.29) is 23.8 Å². The van der Waals surface area contributed by atoms with E-state index in [4.69, 9.17) is 4.74 Å². The number of hydrogen-bond acceptors (Lipinski definition) is 6. The van der Waals surface area contributed by atoms with Crippen molar-refractivity contribution in [2.75, 3.05) is 44.9 Å². The molecule has 10 heteroatoms. The van der Waals surface area contributed by atoms with Crippen LogP contribution in [0.15, 0.2) is 41.3 Å². The van der Waals surface area contributed by atoms with E-state index < -0.39 is 11.6 Å². The van der Waals surface area contributed by atoms with Gasteiger partial charge in [-0.05, 0) is 57.4 Å². The van der Waals surface area contributed by atoms with Crippen molar-refractivity contribution in [1.29, 1.82) is 0 Å². The third-order valence-electron chi connectivity index (χ3n) is 4.56. The SMILES string of the molecule is COc1ccc(SCCC(=O)N(CCCN(C)C)c2nc3c(F)cc(F)cc3s2)cc1.Cl. The summed E-state index contributed by atoms with van der Waals surface area (Å²) >= 11 is 2.72. The van der Waals surface area contributed by atoms with Gasteiger partial charge in [0.25, 0.3) is 0 Å². The summed E-state index contributed by atoms with van der Waals surface area (Å²) in [5, 5.41) is 0.401. The van der Waals surface area contributed by atoms with E-state index in [1.54, 1.807) is 23.8 Å². The van der Waals surface area contributed by atoms with Crippen molar-refractivity contribution in [1.82, 2.24) is 9.88 Å². The van der Waals surface area contributed by atoms with Crippen molar-refractivity contribution in [3.05, 3.63) is 48.0 Å². The molecule has 0 radical (unpaired) electrons. The van der Waals surface area contributed by atoms with Gasteiger partial charge >= 0.3 is 0 Å². The zero-order valence-corrected chi connectivity index (χ0v) is 20.6. The Kier molecular flexibility index (Phi) is 10.1. The lowest BCUT2D eigenvalue weighted by atomic mass is 10.3. The van der Waals surface area contributed by atoms with Gasteiger partial charge in [0.05, 0.1) is 11.8 Å². The molecule has 0 unspecified atom stereocenters. The third-order valence-corrected chi connectivity index (χ3v) is 6.60. The average molecular weight is 502 g/mol. The zero-order chi connectivity index (χ0) is 22.4. The van der Waals surface area contributed by atoms with Gasteiger partial charge in [-0.3, -0.25) is 9.69 Å². The molecule has 0 atom stereocenters. The summed E-state index contributed by atoms with van der Waals surface area (Å²) in [6.45, 7) is 1.27. The first-order valence-corrected chi connectivity index (χ1v) is 11.6. The minimum atomic E-state index is -0.715. The number of carbonyl (C=O) groups is 1.